The third kappa shape index (κ3) is 4.96. The minimum atomic E-state index is -3.80. The number of aliphatic carboxylic acids is 1. The van der Waals surface area contributed by atoms with Gasteiger partial charge >= 0.3 is 14.0 Å². The molecule has 4 aliphatic rings. The molecule has 250 valence electrons. The Kier molecular flexibility index (Phi) is 9.04. The van der Waals surface area contributed by atoms with Gasteiger partial charge in [0.2, 0.25) is 24.5 Å². The number of hydrogen-bond acceptors (Lipinski definition) is 10. The number of carboxylic acids is 1. The van der Waals surface area contributed by atoms with Crippen LogP contribution in [-0.4, -0.2) is 99.9 Å². The van der Waals surface area contributed by atoms with E-state index in [1.54, 1.807) is 38.7 Å². The molecule has 2 unspecified atom stereocenters. The van der Waals surface area contributed by atoms with E-state index in [0.717, 1.165) is 21.2 Å². The lowest BCUT2D eigenvalue weighted by molar-refractivity contribution is -0.700. The number of nitrogens with zero attached hydrogens (tertiary/aromatic N) is 6. The largest absolute Gasteiger partial charge is 1.00 e. The average molecular weight is 792 g/mol. The number of aromatic nitrogens is 4. The van der Waals surface area contributed by atoms with Crippen LogP contribution >= 0.6 is 0 Å². The lowest BCUT2D eigenvalue weighted by Crippen LogP contribution is -3.00. The van der Waals surface area contributed by atoms with Crippen LogP contribution in [0.25, 0.3) is 0 Å². The third-order valence-electron chi connectivity index (χ3n) is 9.64. The Hall–Kier alpha value is -3.01. The Morgan fingerprint density at radius 2 is 1.24 bits per heavy atom. The summed E-state index contributed by atoms with van der Waals surface area (Å²) in [7, 11) is 1.06. The number of carboxylic acid groups (broad SMARTS) is 1. The Bertz CT molecular complexity index is 1820. The molecule has 0 aromatic carbocycles. The molecule has 4 aliphatic heterocycles. The van der Waals surface area contributed by atoms with Crippen LogP contribution in [0, 0.1) is 13.8 Å². The van der Waals surface area contributed by atoms with E-state index in [0.29, 0.717) is 0 Å². The minimum absolute atomic E-state index is 0. The van der Waals surface area contributed by atoms with Crippen LogP contribution in [0.15, 0.2) is 25.0 Å². The fourth-order valence-corrected chi connectivity index (χ4v) is 11.6. The molecule has 4 fully saturated rings. The topological polar surface area (TPSA) is 193 Å². The molecule has 6 heterocycles. The molecule has 2 aromatic rings. The van der Waals surface area contributed by atoms with E-state index in [4.69, 9.17) is 8.05 Å². The lowest BCUT2D eigenvalue weighted by atomic mass is 9.96. The van der Waals surface area contributed by atoms with Crippen LogP contribution < -0.4 is 38.2 Å². The van der Waals surface area contributed by atoms with Crippen molar-refractivity contribution < 1.29 is 78.9 Å². The highest BCUT2D eigenvalue weighted by Crippen LogP contribution is 2.47. The maximum absolute atomic E-state index is 12.9. The molecule has 2 aromatic heterocycles. The van der Waals surface area contributed by atoms with Gasteiger partial charge < -0.3 is 48.3 Å². The second-order valence-electron chi connectivity index (χ2n) is 12.5. The predicted octanol–water partition coefficient (Wildman–Crippen LogP) is -7.15. The molecule has 0 bridgehead atoms. The minimum Gasteiger partial charge on any atom is -1.00 e. The van der Waals surface area contributed by atoms with Crippen molar-refractivity contribution in [2.24, 2.45) is 14.1 Å². The highest BCUT2D eigenvalue weighted by Gasteiger charge is 2.71. The van der Waals surface area contributed by atoms with Gasteiger partial charge in [-0.2, -0.15) is 0 Å². The average Bonchev–Trinajstić information content (AvgIpc) is 3.50. The summed E-state index contributed by atoms with van der Waals surface area (Å²) in [5.41, 5.74) is 1.84. The zero-order valence-electron chi connectivity index (χ0n) is 26.0. The molecule has 2 radical (unpaired) electrons. The van der Waals surface area contributed by atoms with Crippen LogP contribution in [-0.2, 0) is 70.7 Å². The summed E-state index contributed by atoms with van der Waals surface area (Å²) < 4.78 is 59.4. The van der Waals surface area contributed by atoms with Crippen molar-refractivity contribution >= 4 is 51.5 Å². The van der Waals surface area contributed by atoms with Gasteiger partial charge in [0.15, 0.2) is 25.7 Å². The van der Waals surface area contributed by atoms with Crippen LogP contribution in [0.5, 0.6) is 0 Å². The number of halogens is 1. The van der Waals surface area contributed by atoms with Crippen molar-refractivity contribution in [3.8, 4) is 0 Å². The SMILES string of the molecule is Cc1c[n+](C[C@@]2(C)[C@H](C(=O)[O-])N3C(=O)CC3S2(=O)=O)cn1C.[B]OC(=O)[C@@H]1N2C(=O)CC2S(=O)(=O)[C@@]1(C)C[n+]1cc(C)n(C)c1.[I-]. The van der Waals surface area contributed by atoms with Crippen LogP contribution in [0.2, 0.25) is 0 Å². The molecule has 16 nitrogen and oxygen atoms in total. The number of amides is 2. The first-order valence-electron chi connectivity index (χ1n) is 14.0. The van der Waals surface area contributed by atoms with Crippen molar-refractivity contribution in [3.05, 3.63) is 36.4 Å². The summed E-state index contributed by atoms with van der Waals surface area (Å²) in [4.78, 5) is 49.1. The van der Waals surface area contributed by atoms with E-state index in [1.165, 1.54) is 13.8 Å². The molecular weight excluding hydrogens is 758 g/mol. The van der Waals surface area contributed by atoms with Gasteiger partial charge in [0, 0.05) is 13.8 Å². The van der Waals surface area contributed by atoms with Gasteiger partial charge in [-0.3, -0.25) is 14.4 Å². The molecular formula is C26H34BIN6O10S2. The smallest absolute Gasteiger partial charge is 0.378 e. The lowest BCUT2D eigenvalue weighted by Gasteiger charge is -2.38. The molecule has 0 N–H and O–H groups in total. The van der Waals surface area contributed by atoms with Crippen LogP contribution in [0.4, 0.5) is 0 Å². The normalized spacial score (nSPS) is 31.4. The number of sulfone groups is 2. The van der Waals surface area contributed by atoms with E-state index < -0.39 is 69.8 Å². The summed E-state index contributed by atoms with van der Waals surface area (Å²) in [5, 5.41) is 9.50. The van der Waals surface area contributed by atoms with Crippen LogP contribution in [0.3, 0.4) is 0 Å². The van der Waals surface area contributed by atoms with Gasteiger partial charge in [-0.1, -0.05) is 0 Å². The quantitative estimate of drug-likeness (QED) is 0.118. The van der Waals surface area contributed by atoms with Gasteiger partial charge in [-0.25, -0.2) is 35.1 Å². The van der Waals surface area contributed by atoms with Crippen molar-refractivity contribution in [1.29, 1.82) is 0 Å². The van der Waals surface area contributed by atoms with E-state index in [2.05, 4.69) is 4.65 Å². The fourth-order valence-electron chi connectivity index (χ4n) is 6.86. The Balaban J connectivity index is 0.000000205. The van der Waals surface area contributed by atoms with Gasteiger partial charge in [0.1, 0.15) is 57.1 Å². The highest BCUT2D eigenvalue weighted by atomic mass is 127. The zero-order valence-corrected chi connectivity index (χ0v) is 29.8. The number of imidazole rings is 2. The van der Waals surface area contributed by atoms with Gasteiger partial charge in [0.05, 0.1) is 38.9 Å². The standard InChI is InChI=1S/C13H17BN3O5S.C13H17N3O5S.HI/c1-8-5-16(7-15(8)3)6-13(2)11(12(19)22-14)17-9(18)4-10(17)23(13,20)21;1-8-5-15(7-14(8)3)6-13(2)11(12(18)19)16-9(17)4-10(16)22(13,20)21;/h5,7,10-11H,4,6H2,1-3H3;5,7,10-11H,4,6H2,1-3H3;1H/q+1;;/p-1/t2*10?,11-,13-;/m00./s1. The van der Waals surface area contributed by atoms with Gasteiger partial charge in [-0.15, -0.1) is 0 Å². The van der Waals surface area contributed by atoms with Crippen LogP contribution in [0.1, 0.15) is 38.1 Å². The summed E-state index contributed by atoms with van der Waals surface area (Å²) in [6.07, 6.45) is 6.69. The monoisotopic (exact) mass is 792 g/mol. The first-order valence-corrected chi connectivity index (χ1v) is 17.1. The number of hydrogen-bond donors (Lipinski definition) is 0. The van der Waals surface area contributed by atoms with E-state index in [-0.39, 0.29) is 55.8 Å². The number of rotatable bonds is 6. The molecule has 6 rings (SSSR count). The number of aryl methyl sites for hydroxylation is 4. The second kappa shape index (κ2) is 11.6. The molecule has 20 heteroatoms. The number of fused-ring (bicyclic) bond motifs is 2. The molecule has 0 saturated carbocycles. The molecule has 46 heavy (non-hydrogen) atoms. The first kappa shape index (κ1) is 35.8. The zero-order chi connectivity index (χ0) is 33.6. The third-order valence-corrected chi connectivity index (χ3v) is 15.2. The fraction of sp³-hybridized carbons (Fsp3) is 0.615. The molecule has 0 aliphatic carbocycles. The van der Waals surface area contributed by atoms with Crippen molar-refractivity contribution in [3.63, 3.8) is 0 Å². The number of carbonyl (C=O) groups excluding carboxylic acids is 4. The summed E-state index contributed by atoms with van der Waals surface area (Å²) in [5.74, 6) is -3.29. The molecule has 6 atom stereocenters. The molecule has 4 saturated heterocycles. The van der Waals surface area contributed by atoms with E-state index in [9.17, 15) is 41.1 Å². The van der Waals surface area contributed by atoms with E-state index >= 15 is 0 Å². The van der Waals surface area contributed by atoms with Crippen molar-refractivity contribution in [2.45, 2.75) is 86.0 Å². The summed E-state index contributed by atoms with van der Waals surface area (Å²) in [6.45, 7) is 6.56. The summed E-state index contributed by atoms with van der Waals surface area (Å²) in [6, 6.07) is -2.70. The van der Waals surface area contributed by atoms with Crippen molar-refractivity contribution in [2.75, 3.05) is 0 Å². The molecule has 2 amide bonds. The maximum Gasteiger partial charge on any atom is 0.378 e. The first-order chi connectivity index (χ1) is 20.7. The Morgan fingerprint density at radius 3 is 1.54 bits per heavy atom. The van der Waals surface area contributed by atoms with Crippen molar-refractivity contribution in [1.82, 2.24) is 18.9 Å². The summed E-state index contributed by atoms with van der Waals surface area (Å²) >= 11 is 0. The Labute approximate surface area is 284 Å². The Morgan fingerprint density at radius 1 is 0.870 bits per heavy atom. The second-order valence-corrected chi connectivity index (χ2v) is 17.7. The van der Waals surface area contributed by atoms with Gasteiger partial charge in [0.25, 0.3) is 0 Å². The molecule has 0 spiro atoms. The van der Waals surface area contributed by atoms with E-state index in [1.807, 2.05) is 32.5 Å². The highest BCUT2D eigenvalue weighted by molar-refractivity contribution is 7.94. The number of β-lactam (4-membered cyclic amide) rings is 2. The number of carbonyl (C=O) groups is 4. The predicted molar refractivity (Wildman–Crippen MR) is 150 cm³/mol. The maximum atomic E-state index is 12.9. The van der Waals surface area contributed by atoms with Gasteiger partial charge in [-0.05, 0) is 13.8 Å².